The summed E-state index contributed by atoms with van der Waals surface area (Å²) in [6.45, 7) is 4.16. The molecular weight excluding hydrogens is 230 g/mol. The maximum absolute atomic E-state index is 11.6. The molecule has 5 nitrogen and oxygen atoms in total. The Balaban J connectivity index is 2.44. The molecule has 1 aromatic rings. The number of carbonyl (C=O) groups is 2. The van der Waals surface area contributed by atoms with Crippen molar-refractivity contribution < 1.29 is 9.59 Å². The third kappa shape index (κ3) is 4.55. The van der Waals surface area contributed by atoms with Gasteiger partial charge < -0.3 is 10.6 Å². The molecule has 0 atom stereocenters. The Morgan fingerprint density at radius 2 is 1.78 bits per heavy atom. The minimum Gasteiger partial charge on any atom is -0.358 e. The number of aryl methyl sites for hydroxylation is 2. The molecule has 0 saturated heterocycles. The van der Waals surface area contributed by atoms with Gasteiger partial charge in [-0.2, -0.15) is 0 Å². The van der Waals surface area contributed by atoms with Crippen molar-refractivity contribution in [2.24, 2.45) is 0 Å². The van der Waals surface area contributed by atoms with E-state index in [0.717, 1.165) is 16.8 Å². The first-order valence-corrected chi connectivity index (χ1v) is 5.81. The van der Waals surface area contributed by atoms with Gasteiger partial charge in [0, 0.05) is 12.7 Å². The average Bonchev–Trinajstić information content (AvgIpc) is 2.33. The molecule has 2 amide bonds. The van der Waals surface area contributed by atoms with Gasteiger partial charge in [-0.05, 0) is 31.0 Å². The van der Waals surface area contributed by atoms with E-state index < -0.39 is 0 Å². The number of nitrogens with one attached hydrogen (secondary N) is 3. The van der Waals surface area contributed by atoms with Crippen LogP contribution in [0.15, 0.2) is 18.2 Å². The molecule has 0 heterocycles. The minimum absolute atomic E-state index is 0.112. The van der Waals surface area contributed by atoms with Crippen molar-refractivity contribution in [2.45, 2.75) is 13.8 Å². The highest BCUT2D eigenvalue weighted by atomic mass is 16.2. The van der Waals surface area contributed by atoms with Crippen molar-refractivity contribution in [1.29, 1.82) is 0 Å². The van der Waals surface area contributed by atoms with Gasteiger partial charge in [-0.3, -0.25) is 14.9 Å². The summed E-state index contributed by atoms with van der Waals surface area (Å²) in [6, 6.07) is 5.88. The highest BCUT2D eigenvalue weighted by Gasteiger charge is 2.05. The summed E-state index contributed by atoms with van der Waals surface area (Å²) < 4.78 is 0. The lowest BCUT2D eigenvalue weighted by Crippen LogP contribution is -2.36. The molecule has 0 aromatic heterocycles. The SMILES string of the molecule is CNC(=O)CNCC(=O)Nc1cc(C)ccc1C. The number of hydrogen-bond donors (Lipinski definition) is 3. The third-order valence-corrected chi connectivity index (χ3v) is 2.52. The lowest BCUT2D eigenvalue weighted by Gasteiger charge is -2.09. The standard InChI is InChI=1S/C13H19N3O2/c1-9-4-5-10(2)11(6-9)16-13(18)8-15-7-12(17)14-3/h4-6,15H,7-8H2,1-3H3,(H,14,17)(H,16,18). The van der Waals surface area contributed by atoms with Crippen molar-refractivity contribution >= 4 is 17.5 Å². The van der Waals surface area contributed by atoms with Gasteiger partial charge in [-0.25, -0.2) is 0 Å². The molecule has 18 heavy (non-hydrogen) atoms. The highest BCUT2D eigenvalue weighted by Crippen LogP contribution is 2.15. The first-order chi connectivity index (χ1) is 8.52. The normalized spacial score (nSPS) is 9.94. The van der Waals surface area contributed by atoms with Gasteiger partial charge in [-0.15, -0.1) is 0 Å². The van der Waals surface area contributed by atoms with Crippen molar-refractivity contribution in [2.75, 3.05) is 25.5 Å². The number of hydrogen-bond acceptors (Lipinski definition) is 3. The fourth-order valence-corrected chi connectivity index (χ4v) is 1.44. The van der Waals surface area contributed by atoms with Crippen molar-refractivity contribution in [1.82, 2.24) is 10.6 Å². The maximum atomic E-state index is 11.6. The van der Waals surface area contributed by atoms with E-state index in [0.29, 0.717) is 0 Å². The van der Waals surface area contributed by atoms with Crippen LogP contribution in [0, 0.1) is 13.8 Å². The van der Waals surface area contributed by atoms with Crippen LogP contribution in [0.4, 0.5) is 5.69 Å². The molecule has 0 fully saturated rings. The molecule has 0 radical (unpaired) electrons. The van der Waals surface area contributed by atoms with Gasteiger partial charge in [0.15, 0.2) is 0 Å². The second kappa shape index (κ2) is 6.76. The van der Waals surface area contributed by atoms with Crippen LogP contribution in [0.3, 0.4) is 0 Å². The lowest BCUT2D eigenvalue weighted by atomic mass is 10.1. The molecular formula is C13H19N3O2. The van der Waals surface area contributed by atoms with E-state index in [4.69, 9.17) is 0 Å². The largest absolute Gasteiger partial charge is 0.358 e. The van der Waals surface area contributed by atoms with E-state index in [1.807, 2.05) is 32.0 Å². The summed E-state index contributed by atoms with van der Waals surface area (Å²) in [7, 11) is 1.56. The van der Waals surface area contributed by atoms with E-state index in [1.54, 1.807) is 7.05 Å². The topological polar surface area (TPSA) is 70.2 Å². The molecule has 98 valence electrons. The Hall–Kier alpha value is -1.88. The number of likely N-dealkylation sites (N-methyl/N-ethyl adjacent to an activating group) is 1. The van der Waals surface area contributed by atoms with E-state index in [9.17, 15) is 9.59 Å². The number of carbonyl (C=O) groups excluding carboxylic acids is 2. The Labute approximate surface area is 107 Å². The summed E-state index contributed by atoms with van der Waals surface area (Å²) in [5.74, 6) is -0.304. The second-order valence-corrected chi connectivity index (χ2v) is 4.14. The summed E-state index contributed by atoms with van der Waals surface area (Å²) in [5.41, 5.74) is 2.91. The van der Waals surface area contributed by atoms with Gasteiger partial charge in [0.2, 0.25) is 11.8 Å². The van der Waals surface area contributed by atoms with Gasteiger partial charge in [0.25, 0.3) is 0 Å². The molecule has 5 heteroatoms. The summed E-state index contributed by atoms with van der Waals surface area (Å²) in [6.07, 6.45) is 0. The number of amides is 2. The van der Waals surface area contributed by atoms with E-state index in [1.165, 1.54) is 0 Å². The zero-order chi connectivity index (χ0) is 13.5. The van der Waals surface area contributed by atoms with Gasteiger partial charge in [0.05, 0.1) is 13.1 Å². The third-order valence-electron chi connectivity index (χ3n) is 2.52. The fourth-order valence-electron chi connectivity index (χ4n) is 1.44. The summed E-state index contributed by atoms with van der Waals surface area (Å²) in [4.78, 5) is 22.6. The number of rotatable bonds is 5. The van der Waals surface area contributed by atoms with Crippen LogP contribution >= 0.6 is 0 Å². The van der Waals surface area contributed by atoms with Crippen molar-refractivity contribution in [3.05, 3.63) is 29.3 Å². The van der Waals surface area contributed by atoms with E-state index >= 15 is 0 Å². The van der Waals surface area contributed by atoms with Crippen LogP contribution in [0.25, 0.3) is 0 Å². The predicted molar refractivity (Wildman–Crippen MR) is 71.5 cm³/mol. The number of benzene rings is 1. The van der Waals surface area contributed by atoms with Crippen molar-refractivity contribution in [3.63, 3.8) is 0 Å². The molecule has 0 aliphatic rings. The van der Waals surface area contributed by atoms with Crippen LogP contribution in [-0.2, 0) is 9.59 Å². The highest BCUT2D eigenvalue weighted by molar-refractivity contribution is 5.93. The molecule has 3 N–H and O–H groups in total. The van der Waals surface area contributed by atoms with Crippen LogP contribution in [-0.4, -0.2) is 32.0 Å². The van der Waals surface area contributed by atoms with E-state index in [-0.39, 0.29) is 24.9 Å². The lowest BCUT2D eigenvalue weighted by molar-refractivity contribution is -0.119. The summed E-state index contributed by atoms with van der Waals surface area (Å²) in [5, 5.41) is 8.05. The minimum atomic E-state index is -0.160. The molecule has 0 aliphatic heterocycles. The van der Waals surface area contributed by atoms with Crippen LogP contribution < -0.4 is 16.0 Å². The molecule has 0 saturated carbocycles. The van der Waals surface area contributed by atoms with E-state index in [2.05, 4.69) is 16.0 Å². The van der Waals surface area contributed by atoms with Crippen molar-refractivity contribution in [3.8, 4) is 0 Å². The monoisotopic (exact) mass is 249 g/mol. The Morgan fingerprint density at radius 1 is 1.11 bits per heavy atom. The first-order valence-electron chi connectivity index (χ1n) is 5.81. The van der Waals surface area contributed by atoms with Gasteiger partial charge in [-0.1, -0.05) is 12.1 Å². The Bertz CT molecular complexity index is 444. The zero-order valence-corrected chi connectivity index (χ0v) is 11.0. The molecule has 1 aromatic carbocycles. The quantitative estimate of drug-likeness (QED) is 0.715. The first kappa shape index (κ1) is 14.2. The van der Waals surface area contributed by atoms with Crippen LogP contribution in [0.2, 0.25) is 0 Å². The molecule has 0 aliphatic carbocycles. The summed E-state index contributed by atoms with van der Waals surface area (Å²) >= 11 is 0. The fraction of sp³-hybridized carbons (Fsp3) is 0.385. The molecule has 1 rings (SSSR count). The number of anilines is 1. The molecule has 0 bridgehead atoms. The van der Waals surface area contributed by atoms with Gasteiger partial charge >= 0.3 is 0 Å². The average molecular weight is 249 g/mol. The van der Waals surface area contributed by atoms with Gasteiger partial charge in [0.1, 0.15) is 0 Å². The molecule has 0 spiro atoms. The zero-order valence-electron chi connectivity index (χ0n) is 11.0. The van der Waals surface area contributed by atoms with Crippen LogP contribution in [0.5, 0.6) is 0 Å². The molecule has 0 unspecified atom stereocenters. The second-order valence-electron chi connectivity index (χ2n) is 4.14. The Morgan fingerprint density at radius 3 is 2.44 bits per heavy atom. The maximum Gasteiger partial charge on any atom is 0.238 e. The smallest absolute Gasteiger partial charge is 0.238 e. The predicted octanol–water partition coefficient (Wildman–Crippen LogP) is 0.578. The van der Waals surface area contributed by atoms with Crippen LogP contribution in [0.1, 0.15) is 11.1 Å². The Kier molecular flexibility index (Phi) is 5.32.